The zero-order valence-electron chi connectivity index (χ0n) is 11.1. The van der Waals surface area contributed by atoms with Gasteiger partial charge in [0.2, 0.25) is 0 Å². The van der Waals surface area contributed by atoms with Gasteiger partial charge in [-0.25, -0.2) is 0 Å². The molecule has 0 saturated carbocycles. The summed E-state index contributed by atoms with van der Waals surface area (Å²) in [7, 11) is -1.67. The minimum atomic E-state index is -1.67. The molecule has 0 N–H and O–H groups in total. The molecule has 1 fully saturated rings. The Hall–Kier alpha value is -0.193. The molecule has 0 unspecified atom stereocenters. The summed E-state index contributed by atoms with van der Waals surface area (Å²) in [5.74, 6) is 0.212. The summed E-state index contributed by atoms with van der Waals surface area (Å²) in [5, 5.41) is 0.234. The van der Waals surface area contributed by atoms with Gasteiger partial charge in [0.1, 0.15) is 6.61 Å². The fourth-order valence-corrected chi connectivity index (χ4v) is 2.37. The predicted molar refractivity (Wildman–Crippen MR) is 67.1 cm³/mol. The molecule has 4 heteroatoms. The van der Waals surface area contributed by atoms with Crippen molar-refractivity contribution >= 4 is 14.1 Å². The van der Waals surface area contributed by atoms with Crippen molar-refractivity contribution in [2.75, 3.05) is 13.2 Å². The first-order chi connectivity index (χ1) is 7.22. The van der Waals surface area contributed by atoms with Crippen molar-refractivity contribution < 1.29 is 14.0 Å². The SMILES string of the molecule is CC(C)(C)[Si](C)(C)OC[C@@H]1CCC(=O)CO1. The highest BCUT2D eigenvalue weighted by molar-refractivity contribution is 6.74. The van der Waals surface area contributed by atoms with E-state index in [2.05, 4.69) is 33.9 Å². The number of carbonyl (C=O) groups is 1. The molecule has 1 atom stereocenters. The number of hydrogen-bond donors (Lipinski definition) is 0. The molecule has 3 nitrogen and oxygen atoms in total. The van der Waals surface area contributed by atoms with Gasteiger partial charge in [0.15, 0.2) is 14.1 Å². The standard InChI is InChI=1S/C12H24O3Si/c1-12(2,3)16(4,5)15-9-11-7-6-10(13)8-14-11/h11H,6-9H2,1-5H3/t11-/m0/s1. The average Bonchev–Trinajstić information content (AvgIpc) is 2.15. The number of Topliss-reactive ketones (excluding diaryl/α,β-unsaturated/α-hetero) is 1. The largest absolute Gasteiger partial charge is 0.414 e. The van der Waals surface area contributed by atoms with Crippen molar-refractivity contribution in [3.05, 3.63) is 0 Å². The summed E-state index contributed by atoms with van der Waals surface area (Å²) in [4.78, 5) is 11.0. The molecule has 94 valence electrons. The average molecular weight is 244 g/mol. The molecule has 1 heterocycles. The van der Waals surface area contributed by atoms with E-state index in [1.807, 2.05) is 0 Å². The van der Waals surface area contributed by atoms with E-state index in [0.29, 0.717) is 13.0 Å². The molecule has 0 amide bonds. The predicted octanol–water partition coefficient (Wildman–Crippen LogP) is 2.76. The van der Waals surface area contributed by atoms with Gasteiger partial charge in [-0.15, -0.1) is 0 Å². The monoisotopic (exact) mass is 244 g/mol. The fraction of sp³-hybridized carbons (Fsp3) is 0.917. The van der Waals surface area contributed by atoms with Gasteiger partial charge in [-0.3, -0.25) is 4.79 Å². The Kier molecular flexibility index (Phi) is 4.32. The third kappa shape index (κ3) is 3.68. The molecule has 1 aliphatic heterocycles. The van der Waals surface area contributed by atoms with Gasteiger partial charge in [-0.2, -0.15) is 0 Å². The smallest absolute Gasteiger partial charge is 0.192 e. The molecule has 1 saturated heterocycles. The first-order valence-corrected chi connectivity index (χ1v) is 8.90. The van der Waals surface area contributed by atoms with E-state index in [4.69, 9.17) is 9.16 Å². The number of carbonyl (C=O) groups excluding carboxylic acids is 1. The molecule has 1 rings (SSSR count). The second-order valence-electron chi connectivity index (χ2n) is 6.08. The van der Waals surface area contributed by atoms with Gasteiger partial charge in [0, 0.05) is 6.42 Å². The van der Waals surface area contributed by atoms with E-state index >= 15 is 0 Å². The Bertz CT molecular complexity index is 245. The van der Waals surface area contributed by atoms with Crippen molar-refractivity contribution in [1.82, 2.24) is 0 Å². The fourth-order valence-electron chi connectivity index (χ4n) is 1.34. The van der Waals surface area contributed by atoms with Crippen LogP contribution in [0.1, 0.15) is 33.6 Å². The van der Waals surface area contributed by atoms with E-state index in [0.717, 1.165) is 6.42 Å². The van der Waals surface area contributed by atoms with Crippen LogP contribution in [0.3, 0.4) is 0 Å². The van der Waals surface area contributed by atoms with Crippen molar-refractivity contribution in [2.45, 2.75) is 57.8 Å². The van der Waals surface area contributed by atoms with Gasteiger partial charge in [-0.1, -0.05) is 20.8 Å². The summed E-state index contributed by atoms with van der Waals surface area (Å²) < 4.78 is 11.5. The molecule has 0 aromatic carbocycles. The highest BCUT2D eigenvalue weighted by Crippen LogP contribution is 2.36. The number of ether oxygens (including phenoxy) is 1. The molecule has 0 aromatic rings. The topological polar surface area (TPSA) is 35.5 Å². The second kappa shape index (κ2) is 4.98. The lowest BCUT2D eigenvalue weighted by Crippen LogP contribution is -2.43. The Morgan fingerprint density at radius 2 is 2.06 bits per heavy atom. The van der Waals surface area contributed by atoms with Crippen LogP contribution in [0, 0.1) is 0 Å². The van der Waals surface area contributed by atoms with Gasteiger partial charge in [-0.05, 0) is 24.6 Å². The normalized spacial score (nSPS) is 23.6. The zero-order chi connectivity index (χ0) is 12.4. The maximum Gasteiger partial charge on any atom is 0.192 e. The Morgan fingerprint density at radius 3 is 2.50 bits per heavy atom. The lowest BCUT2D eigenvalue weighted by atomic mass is 10.1. The molecule has 0 aliphatic carbocycles. The lowest BCUT2D eigenvalue weighted by Gasteiger charge is -2.37. The Balaban J connectivity index is 2.37. The van der Waals surface area contributed by atoms with Crippen molar-refractivity contribution in [2.24, 2.45) is 0 Å². The summed E-state index contributed by atoms with van der Waals surface area (Å²) in [6.45, 7) is 12.1. The second-order valence-corrected chi connectivity index (χ2v) is 10.9. The van der Waals surface area contributed by atoms with E-state index in [1.54, 1.807) is 0 Å². The van der Waals surface area contributed by atoms with Gasteiger partial charge >= 0.3 is 0 Å². The Labute approximate surface area is 99.6 Å². The lowest BCUT2D eigenvalue weighted by molar-refractivity contribution is -0.132. The molecule has 0 bridgehead atoms. The molecule has 1 aliphatic rings. The van der Waals surface area contributed by atoms with Crippen molar-refractivity contribution in [3.8, 4) is 0 Å². The van der Waals surface area contributed by atoms with Crippen LogP contribution >= 0.6 is 0 Å². The van der Waals surface area contributed by atoms with E-state index < -0.39 is 8.32 Å². The summed E-state index contributed by atoms with van der Waals surface area (Å²) in [5.41, 5.74) is 0. The molecule has 0 aromatic heterocycles. The van der Waals surface area contributed by atoms with Crippen molar-refractivity contribution in [1.29, 1.82) is 0 Å². The first kappa shape index (κ1) is 13.9. The molecule has 0 radical (unpaired) electrons. The molecule has 16 heavy (non-hydrogen) atoms. The van der Waals surface area contributed by atoms with Crippen LogP contribution in [0.2, 0.25) is 18.1 Å². The highest BCUT2D eigenvalue weighted by Gasteiger charge is 2.37. The Morgan fingerprint density at radius 1 is 1.44 bits per heavy atom. The summed E-state index contributed by atoms with van der Waals surface area (Å²) >= 11 is 0. The van der Waals surface area contributed by atoms with E-state index in [1.165, 1.54) is 0 Å². The van der Waals surface area contributed by atoms with Gasteiger partial charge < -0.3 is 9.16 Å². The van der Waals surface area contributed by atoms with Gasteiger partial charge in [0.25, 0.3) is 0 Å². The third-order valence-corrected chi connectivity index (χ3v) is 8.16. The molecule has 0 spiro atoms. The van der Waals surface area contributed by atoms with Crippen LogP contribution in [-0.4, -0.2) is 33.4 Å². The van der Waals surface area contributed by atoms with E-state index in [9.17, 15) is 4.79 Å². The van der Waals surface area contributed by atoms with Crippen LogP contribution in [0.4, 0.5) is 0 Å². The maximum atomic E-state index is 11.0. The van der Waals surface area contributed by atoms with Crippen molar-refractivity contribution in [3.63, 3.8) is 0 Å². The summed E-state index contributed by atoms with van der Waals surface area (Å²) in [6.07, 6.45) is 1.57. The first-order valence-electron chi connectivity index (χ1n) is 5.99. The van der Waals surface area contributed by atoms with Crippen LogP contribution in [-0.2, 0) is 14.0 Å². The van der Waals surface area contributed by atoms with Gasteiger partial charge in [0.05, 0.1) is 12.7 Å². The molecular formula is C12H24O3Si. The quantitative estimate of drug-likeness (QED) is 0.716. The minimum Gasteiger partial charge on any atom is -0.414 e. The zero-order valence-corrected chi connectivity index (χ0v) is 12.1. The number of rotatable bonds is 3. The number of hydrogen-bond acceptors (Lipinski definition) is 3. The third-order valence-electron chi connectivity index (χ3n) is 3.66. The van der Waals surface area contributed by atoms with Crippen LogP contribution in [0.5, 0.6) is 0 Å². The van der Waals surface area contributed by atoms with Crippen LogP contribution in [0.25, 0.3) is 0 Å². The number of ketones is 1. The van der Waals surface area contributed by atoms with Crippen LogP contribution in [0.15, 0.2) is 0 Å². The summed E-state index contributed by atoms with van der Waals surface area (Å²) in [6, 6.07) is 0. The highest BCUT2D eigenvalue weighted by atomic mass is 28.4. The van der Waals surface area contributed by atoms with Crippen LogP contribution < -0.4 is 0 Å². The molecular weight excluding hydrogens is 220 g/mol. The maximum absolute atomic E-state index is 11.0. The minimum absolute atomic E-state index is 0.117. The van der Waals surface area contributed by atoms with E-state index in [-0.39, 0.29) is 23.5 Å².